The van der Waals surface area contributed by atoms with Crippen molar-refractivity contribution in [2.75, 3.05) is 4.90 Å². The predicted molar refractivity (Wildman–Crippen MR) is 204 cm³/mol. The van der Waals surface area contributed by atoms with Gasteiger partial charge in [0.2, 0.25) is 0 Å². The molecule has 49 heavy (non-hydrogen) atoms. The highest BCUT2D eigenvalue weighted by atomic mass is 16.3. The molecule has 2 aromatic heterocycles. The lowest BCUT2D eigenvalue weighted by molar-refractivity contribution is 0.668. The second-order valence-electron chi connectivity index (χ2n) is 12.5. The zero-order valence-electron chi connectivity index (χ0n) is 26.5. The molecule has 230 valence electrons. The Kier molecular flexibility index (Phi) is 6.18. The highest BCUT2D eigenvalue weighted by Gasteiger charge is 2.21. The Morgan fingerprint density at radius 1 is 0.347 bits per heavy atom. The van der Waals surface area contributed by atoms with E-state index in [2.05, 4.69) is 157 Å². The van der Waals surface area contributed by atoms with Crippen LogP contribution in [0.4, 0.5) is 17.1 Å². The van der Waals surface area contributed by atoms with Crippen LogP contribution in [0.2, 0.25) is 0 Å². The summed E-state index contributed by atoms with van der Waals surface area (Å²) in [6, 6.07) is 62.1. The van der Waals surface area contributed by atoms with Gasteiger partial charge in [0.1, 0.15) is 22.3 Å². The second-order valence-corrected chi connectivity index (χ2v) is 12.5. The van der Waals surface area contributed by atoms with E-state index < -0.39 is 0 Å². The van der Waals surface area contributed by atoms with Crippen LogP contribution in [0.3, 0.4) is 0 Å². The van der Waals surface area contributed by atoms with Crippen molar-refractivity contribution in [2.45, 2.75) is 0 Å². The molecule has 0 aliphatic carbocycles. The third kappa shape index (κ3) is 4.44. The molecular weight excluding hydrogens is 599 g/mol. The van der Waals surface area contributed by atoms with Crippen LogP contribution >= 0.6 is 0 Å². The van der Waals surface area contributed by atoms with Gasteiger partial charge in [0, 0.05) is 38.5 Å². The van der Waals surface area contributed by atoms with Gasteiger partial charge < -0.3 is 13.7 Å². The van der Waals surface area contributed by atoms with Gasteiger partial charge in [-0.1, -0.05) is 121 Å². The van der Waals surface area contributed by atoms with Crippen molar-refractivity contribution in [2.24, 2.45) is 0 Å². The van der Waals surface area contributed by atoms with Crippen LogP contribution < -0.4 is 4.90 Å². The molecule has 8 aromatic carbocycles. The van der Waals surface area contributed by atoms with E-state index in [1.54, 1.807) is 0 Å². The minimum Gasteiger partial charge on any atom is -0.456 e. The number of hydrogen-bond acceptors (Lipinski definition) is 3. The molecule has 0 saturated heterocycles. The smallest absolute Gasteiger partial charge is 0.136 e. The molecule has 0 fully saturated rings. The molecule has 0 bridgehead atoms. The Bertz CT molecular complexity index is 2830. The molecule has 0 saturated carbocycles. The van der Waals surface area contributed by atoms with E-state index in [0.29, 0.717) is 0 Å². The van der Waals surface area contributed by atoms with Crippen molar-refractivity contribution >= 4 is 71.7 Å². The molecule has 0 aliphatic heterocycles. The van der Waals surface area contributed by atoms with E-state index in [1.807, 2.05) is 24.3 Å². The third-order valence-corrected chi connectivity index (χ3v) is 9.68. The van der Waals surface area contributed by atoms with Gasteiger partial charge in [0.15, 0.2) is 0 Å². The van der Waals surface area contributed by atoms with Crippen molar-refractivity contribution < 1.29 is 8.83 Å². The Morgan fingerprint density at radius 2 is 0.918 bits per heavy atom. The molecule has 0 amide bonds. The van der Waals surface area contributed by atoms with E-state index in [0.717, 1.165) is 72.1 Å². The van der Waals surface area contributed by atoms with Crippen LogP contribution in [0.25, 0.3) is 76.9 Å². The van der Waals surface area contributed by atoms with E-state index in [-0.39, 0.29) is 0 Å². The van der Waals surface area contributed by atoms with Crippen LogP contribution in [0.15, 0.2) is 185 Å². The maximum absolute atomic E-state index is 6.33. The van der Waals surface area contributed by atoms with E-state index in [4.69, 9.17) is 8.83 Å². The number of furan rings is 2. The normalized spacial score (nSPS) is 11.7. The summed E-state index contributed by atoms with van der Waals surface area (Å²) >= 11 is 0. The topological polar surface area (TPSA) is 29.5 Å². The molecule has 2 heterocycles. The fourth-order valence-corrected chi connectivity index (χ4v) is 7.44. The van der Waals surface area contributed by atoms with Crippen LogP contribution in [0, 0.1) is 0 Å². The molecule has 3 nitrogen and oxygen atoms in total. The lowest BCUT2D eigenvalue weighted by atomic mass is 9.96. The first-order valence-corrected chi connectivity index (χ1v) is 16.6. The van der Waals surface area contributed by atoms with Gasteiger partial charge in [-0.15, -0.1) is 0 Å². The minimum atomic E-state index is 0.874. The molecule has 10 rings (SSSR count). The number of benzene rings is 8. The van der Waals surface area contributed by atoms with E-state index in [1.165, 1.54) is 21.9 Å². The van der Waals surface area contributed by atoms with Gasteiger partial charge in [-0.3, -0.25) is 0 Å². The average Bonchev–Trinajstić information content (AvgIpc) is 3.74. The van der Waals surface area contributed by atoms with Gasteiger partial charge in [-0.25, -0.2) is 0 Å². The van der Waals surface area contributed by atoms with Gasteiger partial charge in [0.25, 0.3) is 0 Å². The van der Waals surface area contributed by atoms with Crippen molar-refractivity contribution in [3.63, 3.8) is 0 Å². The summed E-state index contributed by atoms with van der Waals surface area (Å²) in [7, 11) is 0. The molecule has 0 atom stereocenters. The van der Waals surface area contributed by atoms with Gasteiger partial charge in [-0.2, -0.15) is 0 Å². The summed E-state index contributed by atoms with van der Waals surface area (Å²) < 4.78 is 12.6. The molecule has 0 spiro atoms. The lowest BCUT2D eigenvalue weighted by Crippen LogP contribution is -2.11. The Morgan fingerprint density at radius 3 is 1.80 bits per heavy atom. The third-order valence-electron chi connectivity index (χ3n) is 9.68. The molecule has 3 heteroatoms. The summed E-state index contributed by atoms with van der Waals surface area (Å²) in [4.78, 5) is 2.37. The van der Waals surface area contributed by atoms with Crippen molar-refractivity contribution in [3.8, 4) is 22.3 Å². The molecule has 10 aromatic rings. The first-order chi connectivity index (χ1) is 24.3. The Hall–Kier alpha value is -6.58. The van der Waals surface area contributed by atoms with Crippen molar-refractivity contribution in [1.29, 1.82) is 0 Å². The number of nitrogens with zero attached hydrogens (tertiary/aromatic N) is 1. The largest absolute Gasteiger partial charge is 0.456 e. The lowest BCUT2D eigenvalue weighted by Gasteiger charge is -2.28. The van der Waals surface area contributed by atoms with Crippen molar-refractivity contribution in [1.82, 2.24) is 0 Å². The van der Waals surface area contributed by atoms with Gasteiger partial charge >= 0.3 is 0 Å². The molecule has 0 aliphatic rings. The standard InChI is InChI=1S/C46H29NO2/c1-2-13-34-30(11-1)12-9-17-35(34)31-23-25-32(26-24-31)47(33-27-28-44-40(29-33)37-15-4-7-20-42(37)48-44)41-19-6-3-14-36(41)38-18-10-22-45-46(38)39-16-5-8-21-43(39)49-45/h1-29H. The SMILES string of the molecule is c1ccc(N(c2ccc(-c3cccc4ccccc34)cc2)c2ccc3oc4ccccc4c3c2)c(-c2cccc3oc4ccccc4c23)c1. The Labute approximate surface area is 282 Å². The summed E-state index contributed by atoms with van der Waals surface area (Å²) in [5.74, 6) is 0. The molecule has 0 N–H and O–H groups in total. The van der Waals surface area contributed by atoms with Gasteiger partial charge in [0.05, 0.1) is 5.69 Å². The summed E-state index contributed by atoms with van der Waals surface area (Å²) in [5, 5.41) is 6.91. The molecular formula is C46H29NO2. The number of hydrogen-bond donors (Lipinski definition) is 0. The summed E-state index contributed by atoms with van der Waals surface area (Å²) in [6.45, 7) is 0. The molecule has 0 radical (unpaired) electrons. The zero-order chi connectivity index (χ0) is 32.3. The number of fused-ring (bicyclic) bond motifs is 7. The monoisotopic (exact) mass is 627 g/mol. The van der Waals surface area contributed by atoms with Gasteiger partial charge in [-0.05, 0) is 82.1 Å². The maximum Gasteiger partial charge on any atom is 0.136 e. The molecule has 0 unspecified atom stereocenters. The van der Waals surface area contributed by atoms with E-state index in [9.17, 15) is 0 Å². The number of para-hydroxylation sites is 3. The van der Waals surface area contributed by atoms with Crippen LogP contribution in [0.5, 0.6) is 0 Å². The van der Waals surface area contributed by atoms with Crippen molar-refractivity contribution in [3.05, 3.63) is 176 Å². The highest BCUT2D eigenvalue weighted by Crippen LogP contribution is 2.46. The van der Waals surface area contributed by atoms with E-state index >= 15 is 0 Å². The zero-order valence-corrected chi connectivity index (χ0v) is 26.5. The minimum absolute atomic E-state index is 0.874. The Balaban J connectivity index is 1.20. The summed E-state index contributed by atoms with van der Waals surface area (Å²) in [6.07, 6.45) is 0. The first kappa shape index (κ1) is 27.5. The highest BCUT2D eigenvalue weighted by molar-refractivity contribution is 6.14. The predicted octanol–water partition coefficient (Wildman–Crippen LogP) is 13.4. The number of rotatable bonds is 5. The fraction of sp³-hybridized carbons (Fsp3) is 0. The van der Waals surface area contributed by atoms with Crippen LogP contribution in [-0.2, 0) is 0 Å². The number of anilines is 3. The average molecular weight is 628 g/mol. The second kappa shape index (κ2) is 11.0. The maximum atomic E-state index is 6.33. The quantitative estimate of drug-likeness (QED) is 0.190. The first-order valence-electron chi connectivity index (χ1n) is 16.6. The van der Waals surface area contributed by atoms with Crippen LogP contribution in [-0.4, -0.2) is 0 Å². The summed E-state index contributed by atoms with van der Waals surface area (Å²) in [5.41, 5.74) is 11.4. The van der Waals surface area contributed by atoms with Crippen LogP contribution in [0.1, 0.15) is 0 Å². The fourth-order valence-electron chi connectivity index (χ4n) is 7.44.